The first-order valence-corrected chi connectivity index (χ1v) is 17.0. The highest BCUT2D eigenvalue weighted by molar-refractivity contribution is 9.10. The van der Waals surface area contributed by atoms with Crippen molar-refractivity contribution in [1.82, 2.24) is 9.97 Å². The molecule has 0 unspecified atom stereocenters. The molecular formula is C35H50B3BrF2N2O6. The smallest absolute Gasteiger partial charge is 0.405 e. The second-order valence-corrected chi connectivity index (χ2v) is 16.4. The van der Waals surface area contributed by atoms with Gasteiger partial charge in [0.15, 0.2) is 0 Å². The first-order chi connectivity index (χ1) is 22.0. The number of aromatic nitrogens is 2. The molecule has 2 N–H and O–H groups in total. The highest BCUT2D eigenvalue weighted by Gasteiger charge is 2.63. The van der Waals surface area contributed by atoms with Crippen molar-refractivity contribution in [3.63, 3.8) is 0 Å². The van der Waals surface area contributed by atoms with Gasteiger partial charge in [-0.1, -0.05) is 29.4 Å². The molecule has 8 nitrogen and oxygen atoms in total. The van der Waals surface area contributed by atoms with E-state index in [9.17, 15) is 8.78 Å². The number of hydrogen-bond acceptors (Lipinski definition) is 6. The van der Waals surface area contributed by atoms with Gasteiger partial charge in [0.25, 0.3) is 0 Å². The van der Waals surface area contributed by atoms with E-state index in [1.54, 1.807) is 24.5 Å². The maximum atomic E-state index is 13.7. The Kier molecular flexibility index (Phi) is 10.8. The molecule has 4 aromatic rings. The molecule has 7 rings (SSSR count). The fourth-order valence-electron chi connectivity index (χ4n) is 5.40. The fraction of sp³-hybridized carbons (Fsp3) is 0.543. The van der Waals surface area contributed by atoms with Crippen molar-refractivity contribution in [3.05, 3.63) is 64.9 Å². The highest BCUT2D eigenvalue weighted by Crippen LogP contribution is 2.43. The largest absolute Gasteiger partial charge is 0.495 e. The number of aromatic amines is 2. The van der Waals surface area contributed by atoms with Gasteiger partial charge < -0.3 is 37.9 Å². The summed E-state index contributed by atoms with van der Waals surface area (Å²) in [6.07, 6.45) is 3.45. The van der Waals surface area contributed by atoms with Crippen LogP contribution in [0, 0.1) is 11.6 Å². The summed E-state index contributed by atoms with van der Waals surface area (Å²) in [5.74, 6) is -0.478. The lowest BCUT2D eigenvalue weighted by Gasteiger charge is -2.32. The Bertz CT molecular complexity index is 1670. The van der Waals surface area contributed by atoms with Crippen LogP contribution in [0.4, 0.5) is 8.78 Å². The number of H-pyrrole nitrogens is 2. The topological polar surface area (TPSA) is 87.0 Å². The second kappa shape index (κ2) is 13.4. The molecule has 3 aliphatic rings. The summed E-state index contributed by atoms with van der Waals surface area (Å²) in [5.41, 5.74) is -0.322. The van der Waals surface area contributed by atoms with Gasteiger partial charge in [-0.25, -0.2) is 8.78 Å². The van der Waals surface area contributed by atoms with Crippen LogP contribution < -0.4 is 5.46 Å². The molecule has 3 fully saturated rings. The van der Waals surface area contributed by atoms with E-state index < -0.39 is 32.3 Å². The maximum absolute atomic E-state index is 13.7. The fourth-order valence-corrected chi connectivity index (χ4v) is 5.87. The first kappa shape index (κ1) is 39.6. The van der Waals surface area contributed by atoms with Gasteiger partial charge >= 0.3 is 21.1 Å². The number of hydrogen-bond donors (Lipinski definition) is 2. The van der Waals surface area contributed by atoms with Crippen LogP contribution in [0.15, 0.2) is 53.3 Å². The van der Waals surface area contributed by atoms with E-state index >= 15 is 0 Å². The van der Waals surface area contributed by atoms with Crippen LogP contribution in [0.2, 0.25) is 0 Å². The highest BCUT2D eigenvalue weighted by atomic mass is 79.9. The zero-order valence-electron chi connectivity index (χ0n) is 29.9. The Labute approximate surface area is 299 Å². The van der Waals surface area contributed by atoms with E-state index in [0.29, 0.717) is 11.0 Å². The van der Waals surface area contributed by atoms with Crippen molar-refractivity contribution in [3.8, 4) is 0 Å². The Morgan fingerprint density at radius 3 is 1.27 bits per heavy atom. The molecule has 0 atom stereocenters. The predicted octanol–water partition coefficient (Wildman–Crippen LogP) is 8.56. The lowest BCUT2D eigenvalue weighted by Crippen LogP contribution is -2.41. The van der Waals surface area contributed by atoms with Crippen molar-refractivity contribution < 1.29 is 36.7 Å². The molecule has 14 heteroatoms. The zero-order valence-corrected chi connectivity index (χ0v) is 31.5. The van der Waals surface area contributed by atoms with E-state index in [0.717, 1.165) is 20.7 Å². The third-order valence-electron chi connectivity index (χ3n) is 10.6. The quantitative estimate of drug-likeness (QED) is 0.200. The molecule has 3 saturated heterocycles. The summed E-state index contributed by atoms with van der Waals surface area (Å²) in [4.78, 5) is 5.73. The molecule has 3 aliphatic heterocycles. The molecule has 2 aromatic carbocycles. The molecule has 0 saturated carbocycles. The zero-order chi connectivity index (χ0) is 35.7. The molecule has 0 spiro atoms. The summed E-state index contributed by atoms with van der Waals surface area (Å²) in [6, 6.07) is 9.99. The van der Waals surface area contributed by atoms with Gasteiger partial charge in [0.05, 0.1) is 44.6 Å². The van der Waals surface area contributed by atoms with Crippen LogP contribution in [0.25, 0.3) is 21.8 Å². The summed E-state index contributed by atoms with van der Waals surface area (Å²) in [7, 11) is -1.42. The monoisotopic (exact) mass is 744 g/mol. The molecule has 0 bridgehead atoms. The molecule has 2 aromatic heterocycles. The summed E-state index contributed by atoms with van der Waals surface area (Å²) in [5, 5.41) is 1.68. The predicted molar refractivity (Wildman–Crippen MR) is 199 cm³/mol. The third kappa shape index (κ3) is 7.43. The number of benzene rings is 2. The average molecular weight is 745 g/mol. The van der Waals surface area contributed by atoms with Gasteiger partial charge in [0.2, 0.25) is 0 Å². The van der Waals surface area contributed by atoms with Crippen LogP contribution in [0.3, 0.4) is 0 Å². The lowest BCUT2D eigenvalue weighted by atomic mass is 9.49. The van der Waals surface area contributed by atoms with E-state index in [1.165, 1.54) is 12.1 Å². The van der Waals surface area contributed by atoms with Crippen LogP contribution in [0.1, 0.15) is 90.5 Å². The maximum Gasteiger partial charge on any atom is 0.495 e. The number of nitrogens with one attached hydrogen (secondary N) is 2. The Balaban J connectivity index is 0.000000169. The minimum Gasteiger partial charge on any atom is -0.405 e. The van der Waals surface area contributed by atoms with Gasteiger partial charge in [-0.15, -0.1) is 0 Å². The lowest BCUT2D eigenvalue weighted by molar-refractivity contribution is 0.00578. The van der Waals surface area contributed by atoms with Gasteiger partial charge in [-0.05, 0) is 119 Å². The molecule has 266 valence electrons. The minimum atomic E-state index is -0.476. The van der Waals surface area contributed by atoms with Gasteiger partial charge in [-0.2, -0.15) is 0 Å². The van der Waals surface area contributed by atoms with Crippen molar-refractivity contribution in [2.45, 2.75) is 124 Å². The van der Waals surface area contributed by atoms with E-state index in [2.05, 4.69) is 25.9 Å². The number of fused-ring (bicyclic) bond motifs is 2. The summed E-state index contributed by atoms with van der Waals surface area (Å²) >= 11 is 3.32. The Morgan fingerprint density at radius 1 is 0.510 bits per heavy atom. The van der Waals surface area contributed by atoms with E-state index in [4.69, 9.17) is 27.9 Å². The molecule has 0 aliphatic carbocycles. The van der Waals surface area contributed by atoms with Crippen molar-refractivity contribution in [2.75, 3.05) is 0 Å². The standard InChI is InChI=1S/C14H17BFNO2.C12H24B2O4.C8H5BrFN.CH4/c1-13(2)14(3,4)19-15(18-13)10-5-6-11(16)12-9(10)7-8-17-12;1-9(2)10(3,4)16-13(15-9)14-17-11(5,6)12(7,8)18-14;9-6-1-2-7(10)8-5(6)3-4-11-8;/h5-8,17H,1-4H3;1-8H3;1-4,11H;1H4. The van der Waals surface area contributed by atoms with Gasteiger partial charge in [0, 0.05) is 27.6 Å². The van der Waals surface area contributed by atoms with Crippen LogP contribution in [-0.2, 0) is 27.9 Å². The number of halogens is 3. The van der Waals surface area contributed by atoms with E-state index in [1.807, 2.05) is 95.2 Å². The summed E-state index contributed by atoms with van der Waals surface area (Å²) in [6.45, 7) is 24.2. The normalized spacial score (nSPS) is 22.4. The second-order valence-electron chi connectivity index (χ2n) is 15.5. The minimum absolute atomic E-state index is 0. The summed E-state index contributed by atoms with van der Waals surface area (Å²) < 4.78 is 63.4. The molecule has 0 radical (unpaired) electrons. The number of rotatable bonds is 2. The Hall–Kier alpha value is -2.19. The van der Waals surface area contributed by atoms with Crippen LogP contribution in [0.5, 0.6) is 0 Å². The van der Waals surface area contributed by atoms with Crippen molar-refractivity contribution in [2.24, 2.45) is 0 Å². The third-order valence-corrected chi connectivity index (χ3v) is 11.3. The van der Waals surface area contributed by atoms with Crippen molar-refractivity contribution in [1.29, 1.82) is 0 Å². The SMILES string of the molecule is C.CC1(C)OB(B2OC(C)(C)C(C)(C)O2)OC1(C)C.CC1(C)OB(c2ccc(F)c3[nH]ccc23)OC1(C)C.Fc1ccc(Br)c2cc[nH]c12. The van der Waals surface area contributed by atoms with Crippen LogP contribution >= 0.6 is 15.9 Å². The van der Waals surface area contributed by atoms with Gasteiger partial charge in [-0.3, -0.25) is 0 Å². The van der Waals surface area contributed by atoms with Gasteiger partial charge in [0.1, 0.15) is 11.6 Å². The molecule has 49 heavy (non-hydrogen) atoms. The molecule has 0 amide bonds. The first-order valence-electron chi connectivity index (χ1n) is 16.2. The average Bonchev–Trinajstić information content (AvgIpc) is 3.75. The van der Waals surface area contributed by atoms with Crippen molar-refractivity contribution >= 4 is 64.3 Å². The Morgan fingerprint density at radius 2 is 0.857 bits per heavy atom. The van der Waals surface area contributed by atoms with E-state index in [-0.39, 0.29) is 41.5 Å². The molecule has 5 heterocycles. The molecular weight excluding hydrogens is 695 g/mol. The van der Waals surface area contributed by atoms with Crippen LogP contribution in [-0.4, -0.2) is 64.7 Å².